The molecule has 0 atom stereocenters. The van der Waals surface area contributed by atoms with Crippen molar-refractivity contribution in [3.05, 3.63) is 16.4 Å². The minimum atomic E-state index is 0.536. The fourth-order valence-corrected chi connectivity index (χ4v) is 4.32. The van der Waals surface area contributed by atoms with Crippen molar-refractivity contribution in [3.8, 4) is 0 Å². The first-order valence-electron chi connectivity index (χ1n) is 7.28. The highest BCUT2D eigenvalue weighted by molar-refractivity contribution is 7.16. The number of fused-ring (bicyclic) bond motifs is 1. The highest BCUT2D eigenvalue weighted by atomic mass is 35.5. The molecule has 5 heteroatoms. The SMILES string of the molecule is CCCCC1CCC(c2nn3cc(Cl)nc3s2)CC1. The van der Waals surface area contributed by atoms with Gasteiger partial charge >= 0.3 is 0 Å². The van der Waals surface area contributed by atoms with Crippen molar-refractivity contribution < 1.29 is 0 Å². The maximum absolute atomic E-state index is 5.86. The Hall–Kier alpha value is -0.610. The Bertz CT molecular complexity index is 508. The molecule has 0 radical (unpaired) electrons. The molecule has 104 valence electrons. The second-order valence-corrected chi connectivity index (χ2v) is 6.97. The summed E-state index contributed by atoms with van der Waals surface area (Å²) >= 11 is 7.56. The van der Waals surface area contributed by atoms with Gasteiger partial charge in [-0.1, -0.05) is 49.1 Å². The van der Waals surface area contributed by atoms with Crippen molar-refractivity contribution in [1.82, 2.24) is 14.6 Å². The lowest BCUT2D eigenvalue weighted by atomic mass is 9.80. The van der Waals surface area contributed by atoms with Gasteiger partial charge in [0.05, 0.1) is 6.20 Å². The third kappa shape index (κ3) is 2.95. The summed E-state index contributed by atoms with van der Waals surface area (Å²) in [6.07, 6.45) is 11.2. The molecule has 3 rings (SSSR count). The van der Waals surface area contributed by atoms with Crippen LogP contribution in [0.15, 0.2) is 6.20 Å². The van der Waals surface area contributed by atoms with E-state index in [9.17, 15) is 0 Å². The maximum atomic E-state index is 5.86. The lowest BCUT2D eigenvalue weighted by Gasteiger charge is -2.26. The molecule has 1 aliphatic rings. The lowest BCUT2D eigenvalue weighted by molar-refractivity contribution is 0.303. The van der Waals surface area contributed by atoms with Crippen molar-refractivity contribution in [2.24, 2.45) is 5.92 Å². The van der Waals surface area contributed by atoms with E-state index in [4.69, 9.17) is 11.6 Å². The van der Waals surface area contributed by atoms with Gasteiger partial charge in [-0.2, -0.15) is 5.10 Å². The number of hydrogen-bond acceptors (Lipinski definition) is 3. The second kappa shape index (κ2) is 5.80. The first kappa shape index (κ1) is 13.4. The molecule has 0 aliphatic heterocycles. The summed E-state index contributed by atoms with van der Waals surface area (Å²) in [6.45, 7) is 2.28. The maximum Gasteiger partial charge on any atom is 0.213 e. The van der Waals surface area contributed by atoms with Gasteiger partial charge in [-0.25, -0.2) is 9.50 Å². The highest BCUT2D eigenvalue weighted by Gasteiger charge is 2.25. The molecule has 0 amide bonds. The minimum Gasteiger partial charge on any atom is -0.209 e. The van der Waals surface area contributed by atoms with Gasteiger partial charge in [0.15, 0.2) is 5.15 Å². The van der Waals surface area contributed by atoms with E-state index < -0.39 is 0 Å². The van der Waals surface area contributed by atoms with Crippen LogP contribution in [0.1, 0.15) is 62.8 Å². The van der Waals surface area contributed by atoms with Gasteiger partial charge in [0.25, 0.3) is 0 Å². The quantitative estimate of drug-likeness (QED) is 0.803. The van der Waals surface area contributed by atoms with E-state index in [1.54, 1.807) is 17.5 Å². The van der Waals surface area contributed by atoms with E-state index in [1.165, 1.54) is 50.0 Å². The van der Waals surface area contributed by atoms with Crippen LogP contribution in [-0.2, 0) is 0 Å². The molecule has 2 aromatic heterocycles. The van der Waals surface area contributed by atoms with Gasteiger partial charge in [0.2, 0.25) is 4.96 Å². The van der Waals surface area contributed by atoms with Crippen molar-refractivity contribution in [3.63, 3.8) is 0 Å². The molecular formula is C14H20ClN3S. The van der Waals surface area contributed by atoms with Crippen LogP contribution >= 0.6 is 22.9 Å². The Balaban J connectivity index is 1.62. The summed E-state index contributed by atoms with van der Waals surface area (Å²) < 4.78 is 1.82. The predicted molar refractivity (Wildman–Crippen MR) is 80.1 cm³/mol. The van der Waals surface area contributed by atoms with Crippen LogP contribution < -0.4 is 0 Å². The Morgan fingerprint density at radius 3 is 2.84 bits per heavy atom. The van der Waals surface area contributed by atoms with Crippen molar-refractivity contribution in [2.75, 3.05) is 0 Å². The Labute approximate surface area is 123 Å². The smallest absolute Gasteiger partial charge is 0.209 e. The summed E-state index contributed by atoms with van der Waals surface area (Å²) in [7, 11) is 0. The molecule has 1 fully saturated rings. The molecule has 0 bridgehead atoms. The number of imidazole rings is 1. The Morgan fingerprint density at radius 2 is 2.16 bits per heavy atom. The molecule has 2 aromatic rings. The average Bonchev–Trinajstić information content (AvgIpc) is 2.94. The molecule has 0 saturated heterocycles. The molecule has 19 heavy (non-hydrogen) atoms. The van der Waals surface area contributed by atoms with Crippen LogP contribution in [0.5, 0.6) is 0 Å². The average molecular weight is 298 g/mol. The predicted octanol–water partition coefficient (Wildman–Crippen LogP) is 4.91. The van der Waals surface area contributed by atoms with E-state index in [0.717, 1.165) is 10.9 Å². The monoisotopic (exact) mass is 297 g/mol. The van der Waals surface area contributed by atoms with E-state index in [0.29, 0.717) is 11.1 Å². The number of hydrogen-bond donors (Lipinski definition) is 0. The summed E-state index contributed by atoms with van der Waals surface area (Å²) in [6, 6.07) is 0. The number of unbranched alkanes of at least 4 members (excludes halogenated alkanes) is 1. The van der Waals surface area contributed by atoms with Gasteiger partial charge in [0, 0.05) is 5.92 Å². The molecule has 2 heterocycles. The normalized spacial score (nSPS) is 24.1. The van der Waals surface area contributed by atoms with Crippen LogP contribution in [0.2, 0.25) is 5.15 Å². The molecule has 1 saturated carbocycles. The van der Waals surface area contributed by atoms with Crippen LogP contribution in [0, 0.1) is 5.92 Å². The van der Waals surface area contributed by atoms with Crippen molar-refractivity contribution >= 4 is 27.9 Å². The first-order valence-corrected chi connectivity index (χ1v) is 8.47. The number of rotatable bonds is 4. The first-order chi connectivity index (χ1) is 9.26. The topological polar surface area (TPSA) is 30.2 Å². The number of nitrogens with zero attached hydrogens (tertiary/aromatic N) is 3. The summed E-state index contributed by atoms with van der Waals surface area (Å²) in [5, 5.41) is 6.41. The highest BCUT2D eigenvalue weighted by Crippen LogP contribution is 2.39. The van der Waals surface area contributed by atoms with Crippen LogP contribution in [0.4, 0.5) is 0 Å². The molecule has 0 spiro atoms. The van der Waals surface area contributed by atoms with E-state index in [1.807, 2.05) is 4.52 Å². The van der Waals surface area contributed by atoms with Gasteiger partial charge in [-0.3, -0.25) is 0 Å². The van der Waals surface area contributed by atoms with Gasteiger partial charge in [-0.05, 0) is 31.6 Å². The molecular weight excluding hydrogens is 278 g/mol. The van der Waals surface area contributed by atoms with Gasteiger partial charge in [0.1, 0.15) is 5.01 Å². The summed E-state index contributed by atoms with van der Waals surface area (Å²) in [5.74, 6) is 1.60. The summed E-state index contributed by atoms with van der Waals surface area (Å²) in [5.41, 5.74) is 0. The fourth-order valence-electron chi connectivity index (χ4n) is 3.04. The van der Waals surface area contributed by atoms with Gasteiger partial charge in [-0.15, -0.1) is 0 Å². The molecule has 1 aliphatic carbocycles. The molecule has 0 N–H and O–H groups in total. The molecule has 3 nitrogen and oxygen atoms in total. The Morgan fingerprint density at radius 1 is 1.37 bits per heavy atom. The standard InChI is InChI=1S/C14H20ClN3S/c1-2-3-4-10-5-7-11(8-6-10)13-17-18-9-12(15)16-14(18)19-13/h9-11H,2-8H2,1H3. The third-order valence-electron chi connectivity index (χ3n) is 4.19. The fraction of sp³-hybridized carbons (Fsp3) is 0.714. The van der Waals surface area contributed by atoms with E-state index in [2.05, 4.69) is 17.0 Å². The number of halogens is 1. The van der Waals surface area contributed by atoms with Crippen LogP contribution in [0.3, 0.4) is 0 Å². The lowest BCUT2D eigenvalue weighted by Crippen LogP contribution is -2.13. The third-order valence-corrected chi connectivity index (χ3v) is 5.46. The van der Waals surface area contributed by atoms with Crippen molar-refractivity contribution in [2.45, 2.75) is 57.8 Å². The number of aromatic nitrogens is 3. The van der Waals surface area contributed by atoms with E-state index >= 15 is 0 Å². The van der Waals surface area contributed by atoms with Gasteiger partial charge < -0.3 is 0 Å². The van der Waals surface area contributed by atoms with Crippen LogP contribution in [0.25, 0.3) is 4.96 Å². The van der Waals surface area contributed by atoms with Crippen LogP contribution in [-0.4, -0.2) is 14.6 Å². The van der Waals surface area contributed by atoms with Crippen molar-refractivity contribution in [1.29, 1.82) is 0 Å². The zero-order valence-corrected chi connectivity index (χ0v) is 12.9. The minimum absolute atomic E-state index is 0.536. The zero-order valence-electron chi connectivity index (χ0n) is 11.3. The zero-order chi connectivity index (χ0) is 13.2. The Kier molecular flexibility index (Phi) is 4.08. The largest absolute Gasteiger partial charge is 0.213 e. The van der Waals surface area contributed by atoms with E-state index in [-0.39, 0.29) is 0 Å². The molecule has 0 aromatic carbocycles. The summed E-state index contributed by atoms with van der Waals surface area (Å²) in [4.78, 5) is 5.19. The second-order valence-electron chi connectivity index (χ2n) is 5.59. The molecule has 0 unspecified atom stereocenters.